The Kier molecular flexibility index (Phi) is 5.74. The van der Waals surface area contributed by atoms with Crippen LogP contribution in [0.4, 0.5) is 17.3 Å². The van der Waals surface area contributed by atoms with Gasteiger partial charge in [-0.15, -0.1) is 0 Å². The van der Waals surface area contributed by atoms with E-state index in [0.717, 1.165) is 16.8 Å². The number of aromatic nitrogens is 2. The molecule has 0 saturated heterocycles. The minimum absolute atomic E-state index is 0.331. The highest BCUT2D eigenvalue weighted by atomic mass is 16.5. The number of rotatable bonds is 6. The van der Waals surface area contributed by atoms with Crippen molar-refractivity contribution in [2.45, 2.75) is 13.8 Å². The molecule has 28 heavy (non-hydrogen) atoms. The molecular formula is C21H22N4O3. The van der Waals surface area contributed by atoms with Crippen molar-refractivity contribution in [3.8, 4) is 11.5 Å². The third-order valence-corrected chi connectivity index (χ3v) is 4.29. The molecule has 1 amide bonds. The number of para-hydroxylation sites is 1. The van der Waals surface area contributed by atoms with Crippen LogP contribution >= 0.6 is 0 Å². The maximum atomic E-state index is 12.5. The fourth-order valence-electron chi connectivity index (χ4n) is 2.73. The summed E-state index contributed by atoms with van der Waals surface area (Å²) in [6.45, 7) is 4.03. The number of anilines is 3. The van der Waals surface area contributed by atoms with E-state index in [1.807, 2.05) is 32.0 Å². The van der Waals surface area contributed by atoms with Gasteiger partial charge < -0.3 is 20.1 Å². The van der Waals surface area contributed by atoms with Crippen LogP contribution in [0.15, 0.2) is 48.8 Å². The van der Waals surface area contributed by atoms with Crippen molar-refractivity contribution in [1.82, 2.24) is 9.97 Å². The first kappa shape index (κ1) is 19.2. The second-order valence-corrected chi connectivity index (χ2v) is 6.21. The molecule has 0 aliphatic carbocycles. The van der Waals surface area contributed by atoms with Gasteiger partial charge in [-0.3, -0.25) is 4.79 Å². The van der Waals surface area contributed by atoms with Gasteiger partial charge in [-0.25, -0.2) is 9.97 Å². The molecule has 1 aromatic heterocycles. The largest absolute Gasteiger partial charge is 0.497 e. The summed E-state index contributed by atoms with van der Waals surface area (Å²) in [5, 5.41) is 6.00. The number of methoxy groups -OCH3 is 2. The minimum Gasteiger partial charge on any atom is -0.497 e. The Hall–Kier alpha value is -3.61. The first-order valence-electron chi connectivity index (χ1n) is 8.70. The van der Waals surface area contributed by atoms with Crippen molar-refractivity contribution in [3.05, 3.63) is 65.5 Å². The van der Waals surface area contributed by atoms with Crippen molar-refractivity contribution in [2.75, 3.05) is 24.9 Å². The van der Waals surface area contributed by atoms with Crippen LogP contribution in [-0.2, 0) is 0 Å². The maximum Gasteiger partial charge on any atom is 0.258 e. The summed E-state index contributed by atoms with van der Waals surface area (Å²) in [6, 6.07) is 11.2. The molecule has 1 heterocycles. The minimum atomic E-state index is -0.331. The predicted octanol–water partition coefficient (Wildman–Crippen LogP) is 4.11. The predicted molar refractivity (Wildman–Crippen MR) is 109 cm³/mol. The Morgan fingerprint density at radius 1 is 0.964 bits per heavy atom. The molecule has 3 rings (SSSR count). The summed E-state index contributed by atoms with van der Waals surface area (Å²) in [6.07, 6.45) is 2.96. The van der Waals surface area contributed by atoms with Gasteiger partial charge in [0.1, 0.15) is 11.5 Å². The van der Waals surface area contributed by atoms with Crippen LogP contribution < -0.4 is 20.1 Å². The van der Waals surface area contributed by atoms with E-state index in [-0.39, 0.29) is 5.91 Å². The summed E-state index contributed by atoms with van der Waals surface area (Å²) in [7, 11) is 3.10. The number of hydrogen-bond donors (Lipinski definition) is 2. The highest BCUT2D eigenvalue weighted by Gasteiger charge is 2.12. The summed E-state index contributed by atoms with van der Waals surface area (Å²) < 4.78 is 10.5. The first-order chi connectivity index (χ1) is 13.5. The fourth-order valence-corrected chi connectivity index (χ4v) is 2.73. The average molecular weight is 378 g/mol. The molecule has 0 atom stereocenters. The van der Waals surface area contributed by atoms with Gasteiger partial charge in [-0.05, 0) is 37.1 Å². The molecule has 7 nitrogen and oxygen atoms in total. The van der Waals surface area contributed by atoms with E-state index in [1.54, 1.807) is 25.3 Å². The van der Waals surface area contributed by atoms with Crippen LogP contribution in [0.1, 0.15) is 21.5 Å². The zero-order valence-corrected chi connectivity index (χ0v) is 16.2. The summed E-state index contributed by atoms with van der Waals surface area (Å²) >= 11 is 0. The van der Waals surface area contributed by atoms with E-state index < -0.39 is 0 Å². The van der Waals surface area contributed by atoms with E-state index >= 15 is 0 Å². The van der Waals surface area contributed by atoms with E-state index in [2.05, 4.69) is 20.6 Å². The number of carbonyl (C=O) groups is 1. The maximum absolute atomic E-state index is 12.5. The number of amides is 1. The molecule has 0 saturated carbocycles. The van der Waals surface area contributed by atoms with Crippen LogP contribution in [0.3, 0.4) is 0 Å². The summed E-state index contributed by atoms with van der Waals surface area (Å²) in [4.78, 5) is 21.0. The van der Waals surface area contributed by atoms with E-state index in [9.17, 15) is 4.79 Å². The SMILES string of the molecule is COc1ccc(NC(=O)c2cnc(Nc3c(C)cccc3C)nc2)c(OC)c1. The van der Waals surface area contributed by atoms with Crippen LogP contribution in [0.5, 0.6) is 11.5 Å². The molecule has 3 aromatic rings. The normalized spacial score (nSPS) is 10.3. The Labute approximate surface area is 163 Å². The van der Waals surface area contributed by atoms with E-state index in [4.69, 9.17) is 9.47 Å². The van der Waals surface area contributed by atoms with E-state index in [1.165, 1.54) is 19.5 Å². The second kappa shape index (κ2) is 8.39. The molecule has 0 bridgehead atoms. The van der Waals surface area contributed by atoms with Gasteiger partial charge in [0.2, 0.25) is 5.95 Å². The van der Waals surface area contributed by atoms with Gasteiger partial charge in [-0.1, -0.05) is 18.2 Å². The Morgan fingerprint density at radius 3 is 2.25 bits per heavy atom. The Morgan fingerprint density at radius 2 is 1.64 bits per heavy atom. The number of carbonyl (C=O) groups excluding carboxylic acids is 1. The standard InChI is InChI=1S/C21H22N4O3/c1-13-6-5-7-14(2)19(13)25-21-22-11-15(12-23-21)20(26)24-17-9-8-16(27-3)10-18(17)28-4/h5-12H,1-4H3,(H,24,26)(H,22,23,25). The molecule has 2 N–H and O–H groups in total. The summed E-state index contributed by atoms with van der Waals surface area (Å²) in [5.74, 6) is 1.24. The van der Waals surface area contributed by atoms with Gasteiger partial charge in [0, 0.05) is 24.1 Å². The van der Waals surface area contributed by atoms with Gasteiger partial charge in [0.25, 0.3) is 5.91 Å². The van der Waals surface area contributed by atoms with Gasteiger partial charge in [0.15, 0.2) is 0 Å². The molecule has 0 aliphatic rings. The number of ether oxygens (including phenoxy) is 2. The van der Waals surface area contributed by atoms with Gasteiger partial charge in [-0.2, -0.15) is 0 Å². The quantitative estimate of drug-likeness (QED) is 0.671. The lowest BCUT2D eigenvalue weighted by Gasteiger charge is -2.12. The van der Waals surface area contributed by atoms with Crippen molar-refractivity contribution in [2.24, 2.45) is 0 Å². The average Bonchev–Trinajstić information content (AvgIpc) is 2.71. The Balaban J connectivity index is 1.74. The van der Waals surface area contributed by atoms with Gasteiger partial charge >= 0.3 is 0 Å². The number of aryl methyl sites for hydroxylation is 2. The van der Waals surface area contributed by atoms with Crippen LogP contribution in [0.25, 0.3) is 0 Å². The molecule has 0 radical (unpaired) electrons. The number of benzene rings is 2. The number of nitrogens with one attached hydrogen (secondary N) is 2. The molecular weight excluding hydrogens is 356 g/mol. The number of nitrogens with zero attached hydrogens (tertiary/aromatic N) is 2. The fraction of sp³-hybridized carbons (Fsp3) is 0.190. The van der Waals surface area contributed by atoms with Crippen LogP contribution in [-0.4, -0.2) is 30.1 Å². The summed E-state index contributed by atoms with van der Waals surface area (Å²) in [5.41, 5.74) is 4.02. The van der Waals surface area contributed by atoms with Gasteiger partial charge in [0.05, 0.1) is 25.5 Å². The van der Waals surface area contributed by atoms with Crippen LogP contribution in [0, 0.1) is 13.8 Å². The highest BCUT2D eigenvalue weighted by molar-refractivity contribution is 6.04. The lowest BCUT2D eigenvalue weighted by molar-refractivity contribution is 0.102. The zero-order chi connectivity index (χ0) is 20.1. The highest BCUT2D eigenvalue weighted by Crippen LogP contribution is 2.29. The molecule has 144 valence electrons. The lowest BCUT2D eigenvalue weighted by atomic mass is 10.1. The topological polar surface area (TPSA) is 85.4 Å². The molecule has 0 unspecified atom stereocenters. The van der Waals surface area contributed by atoms with Crippen molar-refractivity contribution in [3.63, 3.8) is 0 Å². The molecule has 0 aliphatic heterocycles. The number of hydrogen-bond acceptors (Lipinski definition) is 6. The van der Waals surface area contributed by atoms with Crippen LogP contribution in [0.2, 0.25) is 0 Å². The first-order valence-corrected chi connectivity index (χ1v) is 8.70. The smallest absolute Gasteiger partial charge is 0.258 e. The molecule has 0 fully saturated rings. The van der Waals surface area contributed by atoms with Crippen molar-refractivity contribution < 1.29 is 14.3 Å². The second-order valence-electron chi connectivity index (χ2n) is 6.21. The monoisotopic (exact) mass is 378 g/mol. The molecule has 7 heteroatoms. The molecule has 2 aromatic carbocycles. The van der Waals surface area contributed by atoms with Crippen molar-refractivity contribution >= 4 is 23.2 Å². The molecule has 0 spiro atoms. The lowest BCUT2D eigenvalue weighted by Crippen LogP contribution is -2.14. The van der Waals surface area contributed by atoms with E-state index in [0.29, 0.717) is 28.7 Å². The Bertz CT molecular complexity index is 967. The third-order valence-electron chi connectivity index (χ3n) is 4.29. The third kappa shape index (κ3) is 4.20. The zero-order valence-electron chi connectivity index (χ0n) is 16.2. The van der Waals surface area contributed by atoms with Crippen molar-refractivity contribution in [1.29, 1.82) is 0 Å².